The maximum atomic E-state index is 10.7. The van der Waals surface area contributed by atoms with E-state index in [1.807, 2.05) is 0 Å². The molecule has 1 rings (SSSR count). The van der Waals surface area contributed by atoms with Gasteiger partial charge in [-0.3, -0.25) is 0 Å². The summed E-state index contributed by atoms with van der Waals surface area (Å²) in [4.78, 5) is 10.7. The Morgan fingerprint density at radius 3 is 2.85 bits per heavy atom. The number of ether oxygens (including phenoxy) is 1. The van der Waals surface area contributed by atoms with Crippen LogP contribution in [0.2, 0.25) is 0 Å². The first kappa shape index (κ1) is 9.54. The van der Waals surface area contributed by atoms with E-state index in [1.165, 1.54) is 13.2 Å². The van der Waals surface area contributed by atoms with Gasteiger partial charge in [-0.2, -0.15) is 0 Å². The Morgan fingerprint density at radius 2 is 2.31 bits per heavy atom. The third kappa shape index (κ3) is 2.19. The second kappa shape index (κ2) is 3.91. The van der Waals surface area contributed by atoms with Crippen molar-refractivity contribution in [3.05, 3.63) is 29.3 Å². The number of aromatic carboxylic acids is 1. The van der Waals surface area contributed by atoms with Crippen molar-refractivity contribution in [3.63, 3.8) is 0 Å². The SMILES string of the molecule is COCc1ccc(N)cc1C(=O)O. The molecule has 1 aromatic rings. The average Bonchev–Trinajstić information content (AvgIpc) is 2.08. The Balaban J connectivity index is 3.10. The van der Waals surface area contributed by atoms with Gasteiger partial charge in [-0.15, -0.1) is 0 Å². The fourth-order valence-electron chi connectivity index (χ4n) is 1.07. The standard InChI is InChI=1S/C9H11NO3/c1-13-5-6-2-3-7(10)4-8(6)9(11)12/h2-4H,5,10H2,1H3,(H,11,12). The van der Waals surface area contributed by atoms with Gasteiger partial charge in [0.2, 0.25) is 0 Å². The topological polar surface area (TPSA) is 72.5 Å². The Kier molecular flexibility index (Phi) is 2.87. The van der Waals surface area contributed by atoms with Gasteiger partial charge in [-0.1, -0.05) is 6.07 Å². The van der Waals surface area contributed by atoms with Gasteiger partial charge in [0.25, 0.3) is 0 Å². The van der Waals surface area contributed by atoms with Gasteiger partial charge in [-0.05, 0) is 17.7 Å². The predicted octanol–water partition coefficient (Wildman–Crippen LogP) is 1.11. The lowest BCUT2D eigenvalue weighted by molar-refractivity contribution is 0.0692. The molecule has 1 aromatic carbocycles. The van der Waals surface area contributed by atoms with Crippen LogP contribution in [0.3, 0.4) is 0 Å². The molecule has 0 aliphatic carbocycles. The van der Waals surface area contributed by atoms with E-state index < -0.39 is 5.97 Å². The van der Waals surface area contributed by atoms with Crippen LogP contribution in [0, 0.1) is 0 Å². The van der Waals surface area contributed by atoms with Gasteiger partial charge in [0, 0.05) is 12.8 Å². The van der Waals surface area contributed by atoms with E-state index in [2.05, 4.69) is 0 Å². The molecular weight excluding hydrogens is 170 g/mol. The van der Waals surface area contributed by atoms with Crippen molar-refractivity contribution >= 4 is 11.7 Å². The van der Waals surface area contributed by atoms with Crippen LogP contribution in [0.4, 0.5) is 5.69 Å². The largest absolute Gasteiger partial charge is 0.478 e. The van der Waals surface area contributed by atoms with E-state index in [0.717, 1.165) is 0 Å². The van der Waals surface area contributed by atoms with Gasteiger partial charge in [-0.25, -0.2) is 4.79 Å². The minimum absolute atomic E-state index is 0.196. The van der Waals surface area contributed by atoms with Crippen LogP contribution >= 0.6 is 0 Å². The molecule has 0 radical (unpaired) electrons. The molecule has 0 fully saturated rings. The van der Waals surface area contributed by atoms with E-state index in [9.17, 15) is 4.79 Å². The molecule has 13 heavy (non-hydrogen) atoms. The summed E-state index contributed by atoms with van der Waals surface area (Å²) in [7, 11) is 1.52. The number of carboxylic acid groups (broad SMARTS) is 1. The van der Waals surface area contributed by atoms with E-state index in [-0.39, 0.29) is 12.2 Å². The molecule has 0 spiro atoms. The van der Waals surface area contributed by atoms with Crippen molar-refractivity contribution in [1.82, 2.24) is 0 Å². The normalized spacial score (nSPS) is 9.92. The Bertz CT molecular complexity index is 323. The summed E-state index contributed by atoms with van der Waals surface area (Å²) in [5.41, 5.74) is 6.72. The molecule has 0 aliphatic heterocycles. The molecular formula is C9H11NO3. The molecule has 0 atom stereocenters. The Hall–Kier alpha value is -1.55. The lowest BCUT2D eigenvalue weighted by Gasteiger charge is -2.05. The van der Waals surface area contributed by atoms with E-state index >= 15 is 0 Å². The number of anilines is 1. The molecule has 0 aliphatic rings. The quantitative estimate of drug-likeness (QED) is 0.685. The summed E-state index contributed by atoms with van der Waals surface area (Å²) in [6.45, 7) is 0.280. The third-order valence-electron chi connectivity index (χ3n) is 1.66. The summed E-state index contributed by atoms with van der Waals surface area (Å²) in [6, 6.07) is 4.74. The van der Waals surface area contributed by atoms with Crippen LogP contribution in [0.15, 0.2) is 18.2 Å². The van der Waals surface area contributed by atoms with Gasteiger partial charge >= 0.3 is 5.97 Å². The van der Waals surface area contributed by atoms with Crippen molar-refractivity contribution in [2.45, 2.75) is 6.61 Å². The fraction of sp³-hybridized carbons (Fsp3) is 0.222. The first-order chi connectivity index (χ1) is 6.15. The molecule has 0 bridgehead atoms. The average molecular weight is 181 g/mol. The molecule has 4 heteroatoms. The highest BCUT2D eigenvalue weighted by atomic mass is 16.5. The maximum Gasteiger partial charge on any atom is 0.336 e. The van der Waals surface area contributed by atoms with Gasteiger partial charge < -0.3 is 15.6 Å². The Morgan fingerprint density at radius 1 is 1.62 bits per heavy atom. The molecule has 0 unspecified atom stereocenters. The molecule has 70 valence electrons. The lowest BCUT2D eigenvalue weighted by Crippen LogP contribution is -2.04. The molecule has 3 N–H and O–H groups in total. The first-order valence-corrected chi connectivity index (χ1v) is 3.75. The van der Waals surface area contributed by atoms with Crippen LogP contribution in [-0.2, 0) is 11.3 Å². The molecule has 0 saturated heterocycles. The molecule has 0 aromatic heterocycles. The van der Waals surface area contributed by atoms with E-state index in [4.69, 9.17) is 15.6 Å². The summed E-state index contributed by atoms with van der Waals surface area (Å²) in [6.07, 6.45) is 0. The zero-order valence-electron chi connectivity index (χ0n) is 7.28. The van der Waals surface area contributed by atoms with Crippen molar-refractivity contribution < 1.29 is 14.6 Å². The van der Waals surface area contributed by atoms with Gasteiger partial charge in [0.15, 0.2) is 0 Å². The smallest absolute Gasteiger partial charge is 0.336 e. The highest BCUT2D eigenvalue weighted by molar-refractivity contribution is 5.90. The zero-order valence-corrected chi connectivity index (χ0v) is 7.28. The van der Waals surface area contributed by atoms with Crippen molar-refractivity contribution in [1.29, 1.82) is 0 Å². The second-order valence-electron chi connectivity index (χ2n) is 2.65. The number of rotatable bonds is 3. The second-order valence-corrected chi connectivity index (χ2v) is 2.65. The Labute approximate surface area is 75.9 Å². The number of carboxylic acids is 1. The van der Waals surface area contributed by atoms with Crippen LogP contribution < -0.4 is 5.73 Å². The fourth-order valence-corrected chi connectivity index (χ4v) is 1.07. The maximum absolute atomic E-state index is 10.7. The molecule has 0 heterocycles. The first-order valence-electron chi connectivity index (χ1n) is 3.75. The minimum atomic E-state index is -0.987. The lowest BCUT2D eigenvalue weighted by atomic mass is 10.1. The van der Waals surface area contributed by atoms with Gasteiger partial charge in [0.1, 0.15) is 0 Å². The molecule has 4 nitrogen and oxygen atoms in total. The zero-order chi connectivity index (χ0) is 9.84. The number of hydrogen-bond donors (Lipinski definition) is 2. The van der Waals surface area contributed by atoms with Crippen LogP contribution in [0.1, 0.15) is 15.9 Å². The summed E-state index contributed by atoms with van der Waals surface area (Å²) < 4.78 is 4.85. The van der Waals surface area contributed by atoms with E-state index in [1.54, 1.807) is 12.1 Å². The van der Waals surface area contributed by atoms with Crippen molar-refractivity contribution in [3.8, 4) is 0 Å². The summed E-state index contributed by atoms with van der Waals surface area (Å²) >= 11 is 0. The van der Waals surface area contributed by atoms with Crippen molar-refractivity contribution in [2.24, 2.45) is 0 Å². The monoisotopic (exact) mass is 181 g/mol. The number of methoxy groups -OCH3 is 1. The van der Waals surface area contributed by atoms with E-state index in [0.29, 0.717) is 11.3 Å². The molecule has 0 saturated carbocycles. The number of hydrogen-bond acceptors (Lipinski definition) is 3. The van der Waals surface area contributed by atoms with Crippen LogP contribution in [0.25, 0.3) is 0 Å². The third-order valence-corrected chi connectivity index (χ3v) is 1.66. The van der Waals surface area contributed by atoms with Crippen molar-refractivity contribution in [2.75, 3.05) is 12.8 Å². The highest BCUT2D eigenvalue weighted by Crippen LogP contribution is 2.14. The summed E-state index contributed by atoms with van der Waals surface area (Å²) in [5.74, 6) is -0.987. The number of benzene rings is 1. The van der Waals surface area contributed by atoms with Gasteiger partial charge in [0.05, 0.1) is 12.2 Å². The highest BCUT2D eigenvalue weighted by Gasteiger charge is 2.09. The van der Waals surface area contributed by atoms with Crippen LogP contribution in [-0.4, -0.2) is 18.2 Å². The minimum Gasteiger partial charge on any atom is -0.478 e. The number of nitrogens with two attached hydrogens (primary N) is 1. The molecule has 0 amide bonds. The van der Waals surface area contributed by atoms with Crippen LogP contribution in [0.5, 0.6) is 0 Å². The number of carbonyl (C=O) groups is 1. The summed E-state index contributed by atoms with van der Waals surface area (Å²) in [5, 5.41) is 8.81. The predicted molar refractivity (Wildman–Crippen MR) is 48.5 cm³/mol. The number of nitrogen functional groups attached to an aromatic ring is 1.